The number of allylic oxidation sites excluding steroid dienone is 2. The average Bonchev–Trinajstić information content (AvgIpc) is 2.44. The summed E-state index contributed by atoms with van der Waals surface area (Å²) in [5.74, 6) is 2.14. The zero-order valence-electron chi connectivity index (χ0n) is 7.08. The SMILES string of the molecule is CC1C(=O)C(C)C2C=CC1C2. The van der Waals surface area contributed by atoms with Gasteiger partial charge in [-0.3, -0.25) is 4.79 Å². The lowest BCUT2D eigenvalue weighted by atomic mass is 9.73. The van der Waals surface area contributed by atoms with Gasteiger partial charge in [0.25, 0.3) is 0 Å². The lowest BCUT2D eigenvalue weighted by Gasteiger charge is -2.29. The molecule has 1 fully saturated rings. The fourth-order valence-electron chi connectivity index (χ4n) is 2.34. The third kappa shape index (κ3) is 0.867. The topological polar surface area (TPSA) is 17.1 Å². The van der Waals surface area contributed by atoms with Gasteiger partial charge in [-0.2, -0.15) is 0 Å². The maximum absolute atomic E-state index is 11.5. The second-order valence-electron chi connectivity index (χ2n) is 3.93. The Morgan fingerprint density at radius 3 is 2.09 bits per heavy atom. The first-order valence-corrected chi connectivity index (χ1v) is 4.42. The molecule has 0 spiro atoms. The van der Waals surface area contributed by atoms with Gasteiger partial charge in [-0.15, -0.1) is 0 Å². The Bertz CT molecular complexity index is 197. The molecule has 11 heavy (non-hydrogen) atoms. The van der Waals surface area contributed by atoms with Gasteiger partial charge in [-0.1, -0.05) is 26.0 Å². The van der Waals surface area contributed by atoms with E-state index in [9.17, 15) is 4.79 Å². The fourth-order valence-corrected chi connectivity index (χ4v) is 2.34. The molecule has 0 heterocycles. The molecule has 4 unspecified atom stereocenters. The minimum Gasteiger partial charge on any atom is -0.299 e. The molecular formula is C10H14O. The van der Waals surface area contributed by atoms with Crippen LogP contribution in [0.25, 0.3) is 0 Å². The maximum atomic E-state index is 11.5. The molecule has 2 aliphatic carbocycles. The van der Waals surface area contributed by atoms with Gasteiger partial charge >= 0.3 is 0 Å². The zero-order chi connectivity index (χ0) is 8.01. The second-order valence-corrected chi connectivity index (χ2v) is 3.93. The average molecular weight is 150 g/mol. The van der Waals surface area contributed by atoms with Crippen LogP contribution in [-0.4, -0.2) is 5.78 Å². The summed E-state index contributed by atoms with van der Waals surface area (Å²) in [4.78, 5) is 11.5. The summed E-state index contributed by atoms with van der Waals surface area (Å²) in [5.41, 5.74) is 0. The predicted molar refractivity (Wildman–Crippen MR) is 44.1 cm³/mol. The van der Waals surface area contributed by atoms with Crippen LogP contribution in [-0.2, 0) is 4.79 Å². The first-order valence-electron chi connectivity index (χ1n) is 4.42. The lowest BCUT2D eigenvalue weighted by molar-refractivity contribution is -0.130. The Morgan fingerprint density at radius 1 is 1.18 bits per heavy atom. The summed E-state index contributed by atoms with van der Waals surface area (Å²) >= 11 is 0. The standard InChI is InChI=1S/C10H14O/c1-6-8-3-4-9(5-8)7(2)10(6)11/h3-4,6-9H,5H2,1-2H3. The minimum atomic E-state index is 0.278. The first kappa shape index (κ1) is 7.08. The van der Waals surface area contributed by atoms with E-state index in [2.05, 4.69) is 26.0 Å². The highest BCUT2D eigenvalue weighted by atomic mass is 16.1. The molecule has 2 bridgehead atoms. The molecule has 0 amide bonds. The van der Waals surface area contributed by atoms with Gasteiger partial charge < -0.3 is 0 Å². The highest BCUT2D eigenvalue weighted by Gasteiger charge is 2.39. The van der Waals surface area contributed by atoms with Crippen LogP contribution in [0.5, 0.6) is 0 Å². The van der Waals surface area contributed by atoms with Crippen LogP contribution in [0.1, 0.15) is 20.3 Å². The second kappa shape index (κ2) is 2.20. The normalized spacial score (nSPS) is 48.4. The molecule has 2 aliphatic rings. The van der Waals surface area contributed by atoms with Crippen molar-refractivity contribution in [1.82, 2.24) is 0 Å². The highest BCUT2D eigenvalue weighted by molar-refractivity contribution is 5.85. The summed E-state index contributed by atoms with van der Waals surface area (Å²) in [6, 6.07) is 0. The van der Waals surface area contributed by atoms with Gasteiger partial charge in [0.2, 0.25) is 0 Å². The number of carbonyl (C=O) groups excluding carboxylic acids is 1. The third-order valence-corrected chi connectivity index (χ3v) is 3.33. The van der Waals surface area contributed by atoms with E-state index in [1.165, 1.54) is 6.42 Å². The molecular weight excluding hydrogens is 136 g/mol. The summed E-state index contributed by atoms with van der Waals surface area (Å²) in [5, 5.41) is 0. The van der Waals surface area contributed by atoms with Crippen LogP contribution < -0.4 is 0 Å². The van der Waals surface area contributed by atoms with Crippen molar-refractivity contribution in [2.75, 3.05) is 0 Å². The molecule has 0 radical (unpaired) electrons. The van der Waals surface area contributed by atoms with Crippen LogP contribution >= 0.6 is 0 Å². The highest BCUT2D eigenvalue weighted by Crippen LogP contribution is 2.41. The van der Waals surface area contributed by atoms with Crippen molar-refractivity contribution in [1.29, 1.82) is 0 Å². The number of Topliss-reactive ketones (excluding diaryl/α,β-unsaturated/α-hetero) is 1. The number of rotatable bonds is 0. The van der Waals surface area contributed by atoms with Crippen molar-refractivity contribution in [3.8, 4) is 0 Å². The van der Waals surface area contributed by atoms with Crippen LogP contribution in [0.4, 0.5) is 0 Å². The number of hydrogen-bond donors (Lipinski definition) is 0. The maximum Gasteiger partial charge on any atom is 0.139 e. The van der Waals surface area contributed by atoms with Crippen molar-refractivity contribution in [2.24, 2.45) is 23.7 Å². The molecule has 60 valence electrons. The summed E-state index contributed by atoms with van der Waals surface area (Å²) in [7, 11) is 0. The van der Waals surface area contributed by atoms with Gasteiger partial charge in [-0.25, -0.2) is 0 Å². The van der Waals surface area contributed by atoms with Crippen molar-refractivity contribution in [2.45, 2.75) is 20.3 Å². The van der Waals surface area contributed by atoms with Crippen molar-refractivity contribution >= 4 is 5.78 Å². The van der Waals surface area contributed by atoms with Crippen LogP contribution in [0.2, 0.25) is 0 Å². The van der Waals surface area contributed by atoms with Crippen LogP contribution in [0, 0.1) is 23.7 Å². The predicted octanol–water partition coefficient (Wildman–Crippen LogP) is 2.03. The van der Waals surface area contributed by atoms with Crippen molar-refractivity contribution < 1.29 is 4.79 Å². The molecule has 4 atom stereocenters. The molecule has 0 aromatic rings. The van der Waals surface area contributed by atoms with Gasteiger partial charge in [-0.05, 0) is 18.3 Å². The Morgan fingerprint density at radius 2 is 1.64 bits per heavy atom. The number of ketones is 1. The number of carbonyl (C=O) groups is 1. The monoisotopic (exact) mass is 150 g/mol. The van der Waals surface area contributed by atoms with Gasteiger partial charge in [0.05, 0.1) is 0 Å². The van der Waals surface area contributed by atoms with Gasteiger partial charge in [0.1, 0.15) is 5.78 Å². The molecule has 1 heteroatoms. The van der Waals surface area contributed by atoms with Gasteiger partial charge in [0, 0.05) is 11.8 Å². The molecule has 0 aromatic carbocycles. The third-order valence-electron chi connectivity index (χ3n) is 3.33. The van der Waals surface area contributed by atoms with E-state index in [1.807, 2.05) is 0 Å². The quantitative estimate of drug-likeness (QED) is 0.483. The minimum absolute atomic E-state index is 0.278. The molecule has 1 saturated carbocycles. The molecule has 0 saturated heterocycles. The summed E-state index contributed by atoms with van der Waals surface area (Å²) in [6.45, 7) is 4.13. The molecule has 0 aliphatic heterocycles. The van der Waals surface area contributed by atoms with Crippen molar-refractivity contribution in [3.63, 3.8) is 0 Å². The Labute approximate surface area is 67.5 Å². The molecule has 0 aromatic heterocycles. The fraction of sp³-hybridized carbons (Fsp3) is 0.700. The van der Waals surface area contributed by atoms with E-state index in [1.54, 1.807) is 0 Å². The largest absolute Gasteiger partial charge is 0.299 e. The Kier molecular flexibility index (Phi) is 1.41. The Balaban J connectivity index is 2.29. The van der Waals surface area contributed by atoms with E-state index < -0.39 is 0 Å². The first-order chi connectivity index (χ1) is 5.20. The van der Waals surface area contributed by atoms with E-state index in [-0.39, 0.29) is 11.8 Å². The molecule has 2 rings (SSSR count). The van der Waals surface area contributed by atoms with Crippen LogP contribution in [0.3, 0.4) is 0 Å². The van der Waals surface area contributed by atoms with Crippen molar-refractivity contribution in [3.05, 3.63) is 12.2 Å². The molecule has 1 nitrogen and oxygen atoms in total. The van der Waals surface area contributed by atoms with E-state index in [0.717, 1.165) is 0 Å². The Hall–Kier alpha value is -0.590. The summed E-state index contributed by atoms with van der Waals surface area (Å²) in [6.07, 6.45) is 5.68. The molecule has 0 N–H and O–H groups in total. The number of fused-ring (bicyclic) bond motifs is 2. The lowest BCUT2D eigenvalue weighted by Crippen LogP contribution is -2.33. The summed E-state index contributed by atoms with van der Waals surface area (Å²) < 4.78 is 0. The van der Waals surface area contributed by atoms with E-state index in [4.69, 9.17) is 0 Å². The number of hydrogen-bond acceptors (Lipinski definition) is 1. The van der Waals surface area contributed by atoms with Crippen LogP contribution in [0.15, 0.2) is 12.2 Å². The van der Waals surface area contributed by atoms with E-state index >= 15 is 0 Å². The smallest absolute Gasteiger partial charge is 0.139 e. The van der Waals surface area contributed by atoms with Gasteiger partial charge in [0.15, 0.2) is 0 Å². The van der Waals surface area contributed by atoms with E-state index in [0.29, 0.717) is 17.6 Å². The zero-order valence-corrected chi connectivity index (χ0v) is 7.08.